The van der Waals surface area contributed by atoms with Crippen molar-refractivity contribution < 1.29 is 9.13 Å². The third kappa shape index (κ3) is 3.47. The number of halogens is 2. The third-order valence-electron chi connectivity index (χ3n) is 2.90. The van der Waals surface area contributed by atoms with Gasteiger partial charge in [-0.05, 0) is 49.4 Å². The van der Waals surface area contributed by atoms with Gasteiger partial charge in [-0.2, -0.15) is 0 Å². The van der Waals surface area contributed by atoms with E-state index >= 15 is 0 Å². The van der Waals surface area contributed by atoms with Crippen LogP contribution in [0, 0.1) is 5.82 Å². The lowest BCUT2D eigenvalue weighted by molar-refractivity contribution is 0.415. The van der Waals surface area contributed by atoms with Crippen molar-refractivity contribution in [2.45, 2.75) is 13.0 Å². The van der Waals surface area contributed by atoms with Crippen molar-refractivity contribution in [3.63, 3.8) is 0 Å². The third-order valence-corrected chi connectivity index (χ3v) is 3.39. The molecule has 100 valence electrons. The molecule has 2 rings (SSSR count). The van der Waals surface area contributed by atoms with Crippen molar-refractivity contribution in [2.24, 2.45) is 0 Å². The first kappa shape index (κ1) is 13.9. The lowest BCUT2D eigenvalue weighted by atomic mass is 10.1. The molecule has 0 aliphatic carbocycles. The zero-order valence-electron chi connectivity index (χ0n) is 10.8. The average Bonchev–Trinajstić information content (AvgIpc) is 2.42. The first-order valence-corrected chi connectivity index (χ1v) is 6.75. The SMILES string of the molecule is COc1ccc(NC(C)c2cc(Br)ccc2F)cc1. The highest BCUT2D eigenvalue weighted by Gasteiger charge is 2.11. The molecule has 0 aliphatic rings. The quantitative estimate of drug-likeness (QED) is 0.875. The van der Waals surface area contributed by atoms with Gasteiger partial charge in [0.1, 0.15) is 11.6 Å². The molecule has 0 fully saturated rings. The normalized spacial score (nSPS) is 12.0. The molecule has 2 aromatic rings. The molecule has 0 radical (unpaired) electrons. The van der Waals surface area contributed by atoms with Gasteiger partial charge in [-0.3, -0.25) is 0 Å². The van der Waals surface area contributed by atoms with E-state index < -0.39 is 0 Å². The Bertz CT molecular complexity index is 557. The van der Waals surface area contributed by atoms with Crippen molar-refractivity contribution >= 4 is 21.6 Å². The Morgan fingerprint density at radius 2 is 1.84 bits per heavy atom. The fourth-order valence-electron chi connectivity index (χ4n) is 1.86. The zero-order chi connectivity index (χ0) is 13.8. The molecule has 1 unspecified atom stereocenters. The van der Waals surface area contributed by atoms with Crippen molar-refractivity contribution in [3.05, 3.63) is 58.3 Å². The minimum absolute atomic E-state index is 0.120. The molecule has 1 N–H and O–H groups in total. The number of hydrogen-bond acceptors (Lipinski definition) is 2. The molecule has 1 atom stereocenters. The van der Waals surface area contributed by atoms with Gasteiger partial charge in [-0.25, -0.2) is 4.39 Å². The maximum absolute atomic E-state index is 13.8. The lowest BCUT2D eigenvalue weighted by Crippen LogP contribution is -2.08. The highest BCUT2D eigenvalue weighted by Crippen LogP contribution is 2.25. The number of hydrogen-bond donors (Lipinski definition) is 1. The van der Waals surface area contributed by atoms with Crippen molar-refractivity contribution in [1.82, 2.24) is 0 Å². The van der Waals surface area contributed by atoms with E-state index in [1.807, 2.05) is 31.2 Å². The molecule has 4 heteroatoms. The van der Waals surface area contributed by atoms with Crippen LogP contribution < -0.4 is 10.1 Å². The van der Waals surface area contributed by atoms with Crippen LogP contribution in [0.3, 0.4) is 0 Å². The first-order valence-electron chi connectivity index (χ1n) is 5.95. The van der Waals surface area contributed by atoms with Crippen LogP contribution in [0.15, 0.2) is 46.9 Å². The van der Waals surface area contributed by atoms with E-state index in [0.717, 1.165) is 15.9 Å². The minimum Gasteiger partial charge on any atom is -0.497 e. The second-order valence-corrected chi connectivity index (χ2v) is 5.18. The van der Waals surface area contributed by atoms with Crippen LogP contribution >= 0.6 is 15.9 Å². The summed E-state index contributed by atoms with van der Waals surface area (Å²) in [5, 5.41) is 3.26. The van der Waals surface area contributed by atoms with Crippen molar-refractivity contribution in [3.8, 4) is 5.75 Å². The van der Waals surface area contributed by atoms with Crippen LogP contribution in [0.4, 0.5) is 10.1 Å². The van der Waals surface area contributed by atoms with Crippen LogP contribution in [0.25, 0.3) is 0 Å². The van der Waals surface area contributed by atoms with E-state index in [-0.39, 0.29) is 11.9 Å². The number of anilines is 1. The topological polar surface area (TPSA) is 21.3 Å². The van der Waals surface area contributed by atoms with Gasteiger partial charge < -0.3 is 10.1 Å². The molecule has 2 nitrogen and oxygen atoms in total. The Kier molecular flexibility index (Phi) is 4.43. The van der Waals surface area contributed by atoms with Crippen LogP contribution in [0.1, 0.15) is 18.5 Å². The zero-order valence-corrected chi connectivity index (χ0v) is 12.4. The Morgan fingerprint density at radius 1 is 1.16 bits per heavy atom. The maximum Gasteiger partial charge on any atom is 0.128 e. The Labute approximate surface area is 120 Å². The molecular formula is C15H15BrFNO. The summed E-state index contributed by atoms with van der Waals surface area (Å²) in [6.07, 6.45) is 0. The Balaban J connectivity index is 2.15. The molecule has 0 heterocycles. The van der Waals surface area contributed by atoms with E-state index in [1.54, 1.807) is 19.2 Å². The van der Waals surface area contributed by atoms with Gasteiger partial charge in [0.25, 0.3) is 0 Å². The number of benzene rings is 2. The standard InChI is InChI=1S/C15H15BrFNO/c1-10(14-9-11(16)3-8-15(14)17)18-12-4-6-13(19-2)7-5-12/h3-10,18H,1-2H3. The lowest BCUT2D eigenvalue weighted by Gasteiger charge is -2.17. The largest absolute Gasteiger partial charge is 0.497 e. The summed E-state index contributed by atoms with van der Waals surface area (Å²) >= 11 is 3.36. The molecule has 0 aromatic heterocycles. The fraction of sp³-hybridized carbons (Fsp3) is 0.200. The number of nitrogens with one attached hydrogen (secondary N) is 1. The molecule has 0 saturated heterocycles. The Hall–Kier alpha value is -1.55. The molecule has 0 aliphatic heterocycles. The van der Waals surface area contributed by atoms with Crippen molar-refractivity contribution in [1.29, 1.82) is 0 Å². The van der Waals surface area contributed by atoms with Crippen LogP contribution in [0.5, 0.6) is 5.75 Å². The summed E-state index contributed by atoms with van der Waals surface area (Å²) in [5.74, 6) is 0.587. The van der Waals surface area contributed by atoms with Gasteiger partial charge in [-0.1, -0.05) is 15.9 Å². The van der Waals surface area contributed by atoms with E-state index in [1.165, 1.54) is 6.07 Å². The van der Waals surface area contributed by atoms with E-state index in [0.29, 0.717) is 5.56 Å². The second-order valence-electron chi connectivity index (χ2n) is 4.26. The maximum atomic E-state index is 13.8. The monoisotopic (exact) mass is 323 g/mol. The summed E-state index contributed by atoms with van der Waals surface area (Å²) in [6.45, 7) is 1.93. The van der Waals surface area contributed by atoms with Gasteiger partial charge in [0.05, 0.1) is 13.2 Å². The van der Waals surface area contributed by atoms with Gasteiger partial charge in [0.15, 0.2) is 0 Å². The van der Waals surface area contributed by atoms with Crippen LogP contribution in [-0.2, 0) is 0 Å². The van der Waals surface area contributed by atoms with E-state index in [9.17, 15) is 4.39 Å². The Morgan fingerprint density at radius 3 is 2.47 bits per heavy atom. The predicted molar refractivity (Wildman–Crippen MR) is 79.1 cm³/mol. The van der Waals surface area contributed by atoms with E-state index in [2.05, 4.69) is 21.2 Å². The van der Waals surface area contributed by atoms with Gasteiger partial charge in [0.2, 0.25) is 0 Å². The highest BCUT2D eigenvalue weighted by atomic mass is 79.9. The second kappa shape index (κ2) is 6.06. The van der Waals surface area contributed by atoms with Gasteiger partial charge in [-0.15, -0.1) is 0 Å². The number of methoxy groups -OCH3 is 1. The smallest absolute Gasteiger partial charge is 0.128 e. The van der Waals surface area contributed by atoms with Gasteiger partial charge >= 0.3 is 0 Å². The summed E-state index contributed by atoms with van der Waals surface area (Å²) < 4.78 is 19.7. The van der Waals surface area contributed by atoms with Crippen LogP contribution in [0.2, 0.25) is 0 Å². The van der Waals surface area contributed by atoms with Gasteiger partial charge in [0, 0.05) is 15.7 Å². The minimum atomic E-state index is -0.211. The number of rotatable bonds is 4. The summed E-state index contributed by atoms with van der Waals surface area (Å²) in [5.41, 5.74) is 1.55. The molecule has 0 amide bonds. The molecule has 2 aromatic carbocycles. The molecule has 0 bridgehead atoms. The summed E-state index contributed by atoms with van der Waals surface area (Å²) in [4.78, 5) is 0. The van der Waals surface area contributed by atoms with Crippen molar-refractivity contribution in [2.75, 3.05) is 12.4 Å². The summed E-state index contributed by atoms with van der Waals surface area (Å²) in [6, 6.07) is 12.4. The molecule has 0 spiro atoms. The fourth-order valence-corrected chi connectivity index (χ4v) is 2.24. The molecule has 0 saturated carbocycles. The molecule has 19 heavy (non-hydrogen) atoms. The summed E-state index contributed by atoms with van der Waals surface area (Å²) in [7, 11) is 1.63. The predicted octanol–water partition coefficient (Wildman–Crippen LogP) is 4.77. The average molecular weight is 324 g/mol. The van der Waals surface area contributed by atoms with Crippen LogP contribution in [-0.4, -0.2) is 7.11 Å². The molecular weight excluding hydrogens is 309 g/mol. The number of ether oxygens (including phenoxy) is 1. The first-order chi connectivity index (χ1) is 9.10. The van der Waals surface area contributed by atoms with E-state index in [4.69, 9.17) is 4.74 Å². The highest BCUT2D eigenvalue weighted by molar-refractivity contribution is 9.10.